The van der Waals surface area contributed by atoms with Crippen molar-refractivity contribution in [3.8, 4) is 5.75 Å². The molecule has 0 aromatic heterocycles. The minimum atomic E-state index is 0.0870. The van der Waals surface area contributed by atoms with E-state index in [1.165, 1.54) is 11.1 Å². The van der Waals surface area contributed by atoms with Crippen molar-refractivity contribution >= 4 is 5.91 Å². The molecule has 0 aliphatic rings. The normalized spacial score (nSPS) is 10.3. The summed E-state index contributed by atoms with van der Waals surface area (Å²) in [4.78, 5) is 11.9. The molecule has 0 aliphatic carbocycles. The van der Waals surface area contributed by atoms with Gasteiger partial charge in [0.2, 0.25) is 5.91 Å². The molecular formula is C20H25NO2. The van der Waals surface area contributed by atoms with Crippen molar-refractivity contribution in [2.45, 2.75) is 32.6 Å². The van der Waals surface area contributed by atoms with Gasteiger partial charge in [-0.05, 0) is 48.1 Å². The van der Waals surface area contributed by atoms with Crippen LogP contribution >= 0.6 is 0 Å². The molecule has 2 aromatic rings. The molecule has 0 aliphatic heterocycles. The fraction of sp³-hybridized carbons (Fsp3) is 0.350. The number of hydrogen-bond donors (Lipinski definition) is 1. The van der Waals surface area contributed by atoms with E-state index in [1.807, 2.05) is 24.3 Å². The Kier molecular flexibility index (Phi) is 6.67. The number of benzene rings is 2. The number of carbonyl (C=O) groups is 1. The molecule has 0 unspecified atom stereocenters. The SMILES string of the molecule is CCc1ccc(CC(=O)NCCCc2ccc(OC)cc2)cc1. The zero-order chi connectivity index (χ0) is 16.5. The van der Waals surface area contributed by atoms with Crippen LogP contribution in [-0.2, 0) is 24.1 Å². The van der Waals surface area contributed by atoms with Crippen LogP contribution in [0.1, 0.15) is 30.0 Å². The number of nitrogens with one attached hydrogen (secondary N) is 1. The van der Waals surface area contributed by atoms with Crippen molar-refractivity contribution in [1.82, 2.24) is 5.32 Å². The molecule has 1 amide bonds. The van der Waals surface area contributed by atoms with Gasteiger partial charge in [0.15, 0.2) is 0 Å². The van der Waals surface area contributed by atoms with Crippen molar-refractivity contribution in [2.75, 3.05) is 13.7 Å². The minimum absolute atomic E-state index is 0.0870. The van der Waals surface area contributed by atoms with Gasteiger partial charge in [-0.3, -0.25) is 4.79 Å². The number of ether oxygens (including phenoxy) is 1. The molecule has 122 valence electrons. The van der Waals surface area contributed by atoms with Crippen molar-refractivity contribution in [2.24, 2.45) is 0 Å². The van der Waals surface area contributed by atoms with Crippen LogP contribution in [0, 0.1) is 0 Å². The van der Waals surface area contributed by atoms with Gasteiger partial charge in [-0.25, -0.2) is 0 Å². The summed E-state index contributed by atoms with van der Waals surface area (Å²) in [6, 6.07) is 16.3. The summed E-state index contributed by atoms with van der Waals surface area (Å²) in [5.41, 5.74) is 3.62. The third-order valence-corrected chi connectivity index (χ3v) is 3.92. The first-order chi connectivity index (χ1) is 11.2. The Bertz CT molecular complexity index is 603. The highest BCUT2D eigenvalue weighted by Crippen LogP contribution is 2.12. The molecule has 0 fully saturated rings. The summed E-state index contributed by atoms with van der Waals surface area (Å²) in [6.07, 6.45) is 3.37. The lowest BCUT2D eigenvalue weighted by Crippen LogP contribution is -2.26. The van der Waals surface area contributed by atoms with Crippen LogP contribution in [0.15, 0.2) is 48.5 Å². The second kappa shape index (κ2) is 8.99. The Balaban J connectivity index is 1.67. The maximum atomic E-state index is 11.9. The van der Waals surface area contributed by atoms with E-state index in [4.69, 9.17) is 4.74 Å². The Morgan fingerprint density at radius 3 is 2.17 bits per heavy atom. The number of amides is 1. The molecule has 2 aromatic carbocycles. The van der Waals surface area contributed by atoms with Crippen molar-refractivity contribution in [3.05, 3.63) is 65.2 Å². The lowest BCUT2D eigenvalue weighted by Gasteiger charge is -2.07. The number of methoxy groups -OCH3 is 1. The molecule has 3 nitrogen and oxygen atoms in total. The second-order valence-electron chi connectivity index (χ2n) is 5.65. The summed E-state index contributed by atoms with van der Waals surface area (Å²) in [5, 5.41) is 2.99. The van der Waals surface area contributed by atoms with Crippen LogP contribution in [0.2, 0.25) is 0 Å². The van der Waals surface area contributed by atoms with E-state index >= 15 is 0 Å². The number of rotatable bonds is 8. The first kappa shape index (κ1) is 17.1. The fourth-order valence-electron chi connectivity index (χ4n) is 2.45. The Hall–Kier alpha value is -2.29. The topological polar surface area (TPSA) is 38.3 Å². The largest absolute Gasteiger partial charge is 0.497 e. The highest BCUT2D eigenvalue weighted by molar-refractivity contribution is 5.78. The van der Waals surface area contributed by atoms with Gasteiger partial charge < -0.3 is 10.1 Å². The highest BCUT2D eigenvalue weighted by Gasteiger charge is 2.03. The fourth-order valence-corrected chi connectivity index (χ4v) is 2.45. The van der Waals surface area contributed by atoms with Gasteiger partial charge in [0.25, 0.3) is 0 Å². The van der Waals surface area contributed by atoms with Crippen molar-refractivity contribution in [3.63, 3.8) is 0 Å². The van der Waals surface area contributed by atoms with E-state index in [2.05, 4.69) is 36.5 Å². The average Bonchev–Trinajstić information content (AvgIpc) is 2.60. The monoisotopic (exact) mass is 311 g/mol. The Labute approximate surface area is 138 Å². The van der Waals surface area contributed by atoms with Gasteiger partial charge in [0.1, 0.15) is 5.75 Å². The molecule has 0 heterocycles. The van der Waals surface area contributed by atoms with E-state index in [9.17, 15) is 4.79 Å². The summed E-state index contributed by atoms with van der Waals surface area (Å²) in [7, 11) is 1.67. The van der Waals surface area contributed by atoms with Crippen molar-refractivity contribution in [1.29, 1.82) is 0 Å². The van der Waals surface area contributed by atoms with Crippen LogP contribution in [0.3, 0.4) is 0 Å². The average molecular weight is 311 g/mol. The summed E-state index contributed by atoms with van der Waals surface area (Å²) in [6.45, 7) is 2.84. The van der Waals surface area contributed by atoms with Gasteiger partial charge in [0, 0.05) is 6.54 Å². The standard InChI is InChI=1S/C20H25NO2/c1-3-16-6-8-18(9-7-16)15-20(22)21-14-4-5-17-10-12-19(23-2)13-11-17/h6-13H,3-5,14-15H2,1-2H3,(H,21,22). The van der Waals surface area contributed by atoms with Crippen molar-refractivity contribution < 1.29 is 9.53 Å². The highest BCUT2D eigenvalue weighted by atomic mass is 16.5. The molecule has 2 rings (SSSR count). The lowest BCUT2D eigenvalue weighted by molar-refractivity contribution is -0.120. The molecule has 3 heteroatoms. The van der Waals surface area contributed by atoms with E-state index in [0.717, 1.165) is 30.6 Å². The zero-order valence-electron chi connectivity index (χ0n) is 14.0. The van der Waals surface area contributed by atoms with E-state index in [1.54, 1.807) is 7.11 Å². The molecule has 0 bridgehead atoms. The third kappa shape index (κ3) is 5.78. The van der Waals surface area contributed by atoms with E-state index in [0.29, 0.717) is 13.0 Å². The second-order valence-corrected chi connectivity index (χ2v) is 5.65. The van der Waals surface area contributed by atoms with Gasteiger partial charge in [-0.1, -0.05) is 43.3 Å². The van der Waals surface area contributed by atoms with Gasteiger partial charge in [0.05, 0.1) is 13.5 Å². The molecule has 0 saturated carbocycles. The first-order valence-corrected chi connectivity index (χ1v) is 8.18. The van der Waals surface area contributed by atoms with E-state index in [-0.39, 0.29) is 5.91 Å². The van der Waals surface area contributed by atoms with Crippen LogP contribution in [0.4, 0.5) is 0 Å². The summed E-state index contributed by atoms with van der Waals surface area (Å²) < 4.78 is 5.14. The predicted molar refractivity (Wildman–Crippen MR) is 93.8 cm³/mol. The molecule has 1 N–H and O–H groups in total. The van der Waals surface area contributed by atoms with E-state index < -0.39 is 0 Å². The molecule has 0 spiro atoms. The Morgan fingerprint density at radius 1 is 0.957 bits per heavy atom. The predicted octanol–water partition coefficient (Wildman–Crippen LogP) is 3.55. The molecule has 0 radical (unpaired) electrons. The first-order valence-electron chi connectivity index (χ1n) is 8.18. The number of carbonyl (C=O) groups excluding carboxylic acids is 1. The Morgan fingerprint density at radius 2 is 1.57 bits per heavy atom. The molecule has 23 heavy (non-hydrogen) atoms. The smallest absolute Gasteiger partial charge is 0.224 e. The van der Waals surface area contributed by atoms with Crippen LogP contribution in [-0.4, -0.2) is 19.6 Å². The minimum Gasteiger partial charge on any atom is -0.497 e. The van der Waals surface area contributed by atoms with Crippen LogP contribution in [0.25, 0.3) is 0 Å². The third-order valence-electron chi connectivity index (χ3n) is 3.92. The van der Waals surface area contributed by atoms with Gasteiger partial charge in [-0.15, -0.1) is 0 Å². The maximum Gasteiger partial charge on any atom is 0.224 e. The summed E-state index contributed by atoms with van der Waals surface area (Å²) in [5.74, 6) is 0.958. The maximum absolute atomic E-state index is 11.9. The number of hydrogen-bond acceptors (Lipinski definition) is 2. The lowest BCUT2D eigenvalue weighted by atomic mass is 10.1. The quantitative estimate of drug-likeness (QED) is 0.757. The van der Waals surface area contributed by atoms with Gasteiger partial charge in [-0.2, -0.15) is 0 Å². The summed E-state index contributed by atoms with van der Waals surface area (Å²) >= 11 is 0. The van der Waals surface area contributed by atoms with Crippen LogP contribution in [0.5, 0.6) is 5.75 Å². The molecule has 0 atom stereocenters. The van der Waals surface area contributed by atoms with Crippen LogP contribution < -0.4 is 10.1 Å². The molecule has 0 saturated heterocycles. The van der Waals surface area contributed by atoms with Gasteiger partial charge >= 0.3 is 0 Å². The zero-order valence-corrected chi connectivity index (χ0v) is 14.0. The number of aryl methyl sites for hydroxylation is 2. The molecular weight excluding hydrogens is 286 g/mol.